The fraction of sp³-hybridized carbons (Fsp3) is 0.176. The van der Waals surface area contributed by atoms with Gasteiger partial charge in [0.2, 0.25) is 0 Å². The molecular formula is C17H17NO4. The quantitative estimate of drug-likeness (QED) is 0.605. The van der Waals surface area contributed by atoms with Crippen LogP contribution in [0.5, 0.6) is 5.75 Å². The summed E-state index contributed by atoms with van der Waals surface area (Å²) in [6, 6.07) is 8.42. The van der Waals surface area contributed by atoms with Crippen molar-refractivity contribution in [3.05, 3.63) is 54.1 Å². The van der Waals surface area contributed by atoms with Gasteiger partial charge in [-0.3, -0.25) is 9.59 Å². The standard InChI is InChI=1S/C17H17NO4/c1-2-8-18-17(21)14-6-7-15(22-10-9-19)13-5-3-4-12(11-20)16(13)14/h2-7,11,19H,1,8-10H2,(H,18,21). The zero-order chi connectivity index (χ0) is 15.9. The molecule has 0 aliphatic rings. The Bertz CT molecular complexity index is 709. The Morgan fingerprint density at radius 2 is 2.14 bits per heavy atom. The Morgan fingerprint density at radius 1 is 1.32 bits per heavy atom. The van der Waals surface area contributed by atoms with Gasteiger partial charge in [0.15, 0.2) is 6.29 Å². The Balaban J connectivity index is 2.60. The third-order valence-corrected chi connectivity index (χ3v) is 3.16. The van der Waals surface area contributed by atoms with E-state index in [0.29, 0.717) is 40.5 Å². The van der Waals surface area contributed by atoms with E-state index < -0.39 is 0 Å². The number of benzene rings is 2. The van der Waals surface area contributed by atoms with Gasteiger partial charge in [-0.05, 0) is 12.1 Å². The third kappa shape index (κ3) is 3.15. The maximum Gasteiger partial charge on any atom is 0.252 e. The minimum Gasteiger partial charge on any atom is -0.491 e. The van der Waals surface area contributed by atoms with Crippen molar-refractivity contribution in [2.75, 3.05) is 19.8 Å². The first-order chi connectivity index (χ1) is 10.7. The molecule has 22 heavy (non-hydrogen) atoms. The highest BCUT2D eigenvalue weighted by Gasteiger charge is 2.15. The van der Waals surface area contributed by atoms with E-state index in [9.17, 15) is 9.59 Å². The van der Waals surface area contributed by atoms with Crippen LogP contribution in [-0.4, -0.2) is 37.1 Å². The zero-order valence-corrected chi connectivity index (χ0v) is 12.0. The van der Waals surface area contributed by atoms with Crippen molar-refractivity contribution in [1.82, 2.24) is 5.32 Å². The molecule has 2 N–H and O–H groups in total. The predicted octanol–water partition coefficient (Wildman–Crippen LogP) is 1.94. The lowest BCUT2D eigenvalue weighted by atomic mass is 9.98. The van der Waals surface area contributed by atoms with E-state index in [1.54, 1.807) is 36.4 Å². The summed E-state index contributed by atoms with van der Waals surface area (Å²) in [4.78, 5) is 23.6. The molecule has 114 valence electrons. The summed E-state index contributed by atoms with van der Waals surface area (Å²) in [5, 5.41) is 12.8. The number of hydrogen-bond donors (Lipinski definition) is 2. The average Bonchev–Trinajstić information content (AvgIpc) is 2.56. The number of ether oxygens (including phenoxy) is 1. The molecule has 0 heterocycles. The molecule has 0 unspecified atom stereocenters. The SMILES string of the molecule is C=CCNC(=O)c1ccc(OCCO)c2cccc(C=O)c12. The lowest BCUT2D eigenvalue weighted by Crippen LogP contribution is -2.23. The van der Waals surface area contributed by atoms with Crippen molar-refractivity contribution in [2.45, 2.75) is 0 Å². The first-order valence-electron chi connectivity index (χ1n) is 6.86. The van der Waals surface area contributed by atoms with Crippen LogP contribution in [0.2, 0.25) is 0 Å². The second kappa shape index (κ2) is 7.38. The Kier molecular flexibility index (Phi) is 5.27. The number of fused-ring (bicyclic) bond motifs is 1. The first kappa shape index (κ1) is 15.7. The van der Waals surface area contributed by atoms with Gasteiger partial charge in [0.05, 0.1) is 6.61 Å². The highest BCUT2D eigenvalue weighted by atomic mass is 16.5. The number of nitrogens with one attached hydrogen (secondary N) is 1. The molecule has 0 saturated carbocycles. The maximum absolute atomic E-state index is 12.3. The predicted molar refractivity (Wildman–Crippen MR) is 84.4 cm³/mol. The molecule has 2 aromatic carbocycles. The molecule has 0 radical (unpaired) electrons. The van der Waals surface area contributed by atoms with Crippen LogP contribution in [0.25, 0.3) is 10.8 Å². The zero-order valence-electron chi connectivity index (χ0n) is 12.0. The normalized spacial score (nSPS) is 10.2. The summed E-state index contributed by atoms with van der Waals surface area (Å²) >= 11 is 0. The number of carbonyl (C=O) groups excluding carboxylic acids is 2. The van der Waals surface area contributed by atoms with Gasteiger partial charge in [-0.2, -0.15) is 0 Å². The minimum absolute atomic E-state index is 0.115. The van der Waals surface area contributed by atoms with E-state index in [1.165, 1.54) is 0 Å². The second-order valence-electron chi connectivity index (χ2n) is 4.57. The largest absolute Gasteiger partial charge is 0.491 e. The lowest BCUT2D eigenvalue weighted by molar-refractivity contribution is 0.0959. The lowest BCUT2D eigenvalue weighted by Gasteiger charge is -2.13. The smallest absolute Gasteiger partial charge is 0.252 e. The van der Waals surface area contributed by atoms with E-state index >= 15 is 0 Å². The molecule has 1 amide bonds. The van der Waals surface area contributed by atoms with Gasteiger partial charge in [-0.25, -0.2) is 0 Å². The van der Waals surface area contributed by atoms with Crippen molar-refractivity contribution < 1.29 is 19.4 Å². The fourth-order valence-electron chi connectivity index (χ4n) is 2.24. The van der Waals surface area contributed by atoms with Crippen LogP contribution in [0.4, 0.5) is 0 Å². The van der Waals surface area contributed by atoms with Gasteiger partial charge in [-0.1, -0.05) is 24.3 Å². The van der Waals surface area contributed by atoms with Gasteiger partial charge >= 0.3 is 0 Å². The molecule has 0 bridgehead atoms. The summed E-state index contributed by atoms with van der Waals surface area (Å²) in [7, 11) is 0. The third-order valence-electron chi connectivity index (χ3n) is 3.16. The molecule has 0 aromatic heterocycles. The number of hydrogen-bond acceptors (Lipinski definition) is 4. The van der Waals surface area contributed by atoms with E-state index in [2.05, 4.69) is 11.9 Å². The van der Waals surface area contributed by atoms with E-state index in [4.69, 9.17) is 9.84 Å². The van der Waals surface area contributed by atoms with E-state index in [0.717, 1.165) is 0 Å². The van der Waals surface area contributed by atoms with Crippen LogP contribution in [0.1, 0.15) is 20.7 Å². The summed E-state index contributed by atoms with van der Waals surface area (Å²) in [6.45, 7) is 3.92. The molecule has 5 heteroatoms. The van der Waals surface area contributed by atoms with Crippen molar-refractivity contribution in [3.8, 4) is 5.75 Å². The van der Waals surface area contributed by atoms with Crippen molar-refractivity contribution in [3.63, 3.8) is 0 Å². The van der Waals surface area contributed by atoms with Crippen LogP contribution >= 0.6 is 0 Å². The van der Waals surface area contributed by atoms with Crippen LogP contribution in [0, 0.1) is 0 Å². The monoisotopic (exact) mass is 299 g/mol. The topological polar surface area (TPSA) is 75.6 Å². The number of aliphatic hydroxyl groups excluding tert-OH is 1. The van der Waals surface area contributed by atoms with Crippen LogP contribution in [-0.2, 0) is 0 Å². The molecule has 0 saturated heterocycles. The molecule has 2 rings (SSSR count). The highest BCUT2D eigenvalue weighted by Crippen LogP contribution is 2.30. The molecule has 0 aliphatic carbocycles. The van der Waals surface area contributed by atoms with Gasteiger partial charge in [-0.15, -0.1) is 6.58 Å². The molecule has 0 atom stereocenters. The maximum atomic E-state index is 12.3. The summed E-state index contributed by atoms with van der Waals surface area (Å²) in [5.41, 5.74) is 0.812. The summed E-state index contributed by atoms with van der Waals surface area (Å²) in [5.74, 6) is 0.237. The van der Waals surface area contributed by atoms with Crippen molar-refractivity contribution in [2.24, 2.45) is 0 Å². The molecule has 0 aliphatic heterocycles. The first-order valence-corrected chi connectivity index (χ1v) is 6.86. The Hall–Kier alpha value is -2.66. The average molecular weight is 299 g/mol. The number of rotatable bonds is 7. The molecule has 0 fully saturated rings. The Labute approximate surface area is 128 Å². The van der Waals surface area contributed by atoms with Crippen molar-refractivity contribution >= 4 is 23.0 Å². The van der Waals surface area contributed by atoms with Crippen molar-refractivity contribution in [1.29, 1.82) is 0 Å². The number of aliphatic hydroxyl groups is 1. The van der Waals surface area contributed by atoms with Crippen LogP contribution < -0.4 is 10.1 Å². The molecular weight excluding hydrogens is 282 g/mol. The number of carbonyl (C=O) groups is 2. The Morgan fingerprint density at radius 3 is 2.82 bits per heavy atom. The summed E-state index contributed by atoms with van der Waals surface area (Å²) < 4.78 is 5.47. The van der Waals surface area contributed by atoms with Gasteiger partial charge in [0.1, 0.15) is 12.4 Å². The van der Waals surface area contributed by atoms with Gasteiger partial charge < -0.3 is 15.2 Å². The molecule has 5 nitrogen and oxygen atoms in total. The fourth-order valence-corrected chi connectivity index (χ4v) is 2.24. The number of amides is 1. The van der Waals surface area contributed by atoms with Gasteiger partial charge in [0, 0.05) is 28.4 Å². The number of aldehydes is 1. The highest BCUT2D eigenvalue weighted by molar-refractivity contribution is 6.13. The van der Waals surface area contributed by atoms with Crippen LogP contribution in [0.3, 0.4) is 0 Å². The van der Waals surface area contributed by atoms with E-state index in [1.807, 2.05) is 0 Å². The van der Waals surface area contributed by atoms with Crippen LogP contribution in [0.15, 0.2) is 43.0 Å². The summed E-state index contributed by atoms with van der Waals surface area (Å²) in [6.07, 6.45) is 2.29. The van der Waals surface area contributed by atoms with Gasteiger partial charge in [0.25, 0.3) is 5.91 Å². The minimum atomic E-state index is -0.284. The molecule has 2 aromatic rings. The van der Waals surface area contributed by atoms with E-state index in [-0.39, 0.29) is 19.1 Å². The second-order valence-corrected chi connectivity index (χ2v) is 4.57. The molecule has 0 spiro atoms.